The van der Waals surface area contributed by atoms with Gasteiger partial charge in [0.1, 0.15) is 12.2 Å². The second-order valence-corrected chi connectivity index (χ2v) is 7.44. The average molecular weight is 324 g/mol. The molecule has 0 unspecified atom stereocenters. The summed E-state index contributed by atoms with van der Waals surface area (Å²) in [6.45, 7) is 8.92. The lowest BCUT2D eigenvalue weighted by Gasteiger charge is -2.41. The highest BCUT2D eigenvalue weighted by atomic mass is 16.6. The van der Waals surface area contributed by atoms with Gasteiger partial charge in [-0.2, -0.15) is 0 Å². The first-order chi connectivity index (χ1) is 10.7. The number of hydrogen-bond acceptors (Lipinski definition) is 6. The van der Waals surface area contributed by atoms with E-state index in [1.54, 1.807) is 0 Å². The molecular formula is C17H24O6. The predicted molar refractivity (Wildman–Crippen MR) is 80.1 cm³/mol. The van der Waals surface area contributed by atoms with Crippen LogP contribution in [-0.2, 0) is 19.1 Å². The number of aliphatic hydroxyl groups is 2. The number of fused-ring (bicyclic) bond motifs is 2. The Morgan fingerprint density at radius 3 is 2.65 bits per heavy atom. The van der Waals surface area contributed by atoms with Gasteiger partial charge in [-0.25, -0.2) is 4.79 Å². The SMILES string of the molecule is C=C1C(=O)O[C@H]2C[C@@H](C)[C@@H]3[C@@H](OC(C)=O)C[C@@H](O)[C@@]3(C)[C@H](O)[C@@H]12. The van der Waals surface area contributed by atoms with E-state index in [1.807, 2.05) is 13.8 Å². The van der Waals surface area contributed by atoms with Gasteiger partial charge in [0, 0.05) is 30.3 Å². The van der Waals surface area contributed by atoms with Gasteiger partial charge in [0.05, 0.1) is 18.1 Å². The third-order valence-corrected chi connectivity index (χ3v) is 6.13. The normalized spacial score (nSPS) is 49.2. The number of carbonyl (C=O) groups excluding carboxylic acids is 2. The molecule has 1 heterocycles. The zero-order valence-corrected chi connectivity index (χ0v) is 13.7. The van der Waals surface area contributed by atoms with E-state index in [0.29, 0.717) is 12.8 Å². The second kappa shape index (κ2) is 5.31. The molecule has 6 heteroatoms. The maximum Gasteiger partial charge on any atom is 0.334 e. The second-order valence-electron chi connectivity index (χ2n) is 7.44. The van der Waals surface area contributed by atoms with Crippen molar-refractivity contribution in [2.45, 2.75) is 58.0 Å². The molecule has 23 heavy (non-hydrogen) atoms. The molecule has 2 saturated carbocycles. The Balaban J connectivity index is 2.02. The zero-order valence-electron chi connectivity index (χ0n) is 13.7. The molecule has 1 aliphatic heterocycles. The van der Waals surface area contributed by atoms with Crippen LogP contribution in [-0.4, -0.2) is 46.6 Å². The van der Waals surface area contributed by atoms with Crippen molar-refractivity contribution >= 4 is 11.9 Å². The van der Waals surface area contributed by atoms with Crippen LogP contribution in [0.5, 0.6) is 0 Å². The van der Waals surface area contributed by atoms with Crippen LogP contribution in [0.1, 0.15) is 33.6 Å². The van der Waals surface area contributed by atoms with Crippen molar-refractivity contribution in [1.82, 2.24) is 0 Å². The highest BCUT2D eigenvalue weighted by molar-refractivity contribution is 5.91. The summed E-state index contributed by atoms with van der Waals surface area (Å²) in [6, 6.07) is 0. The van der Waals surface area contributed by atoms with Crippen molar-refractivity contribution in [1.29, 1.82) is 0 Å². The van der Waals surface area contributed by atoms with Crippen LogP contribution in [0.25, 0.3) is 0 Å². The number of ether oxygens (including phenoxy) is 2. The smallest absolute Gasteiger partial charge is 0.334 e. The van der Waals surface area contributed by atoms with Gasteiger partial charge in [0.15, 0.2) is 0 Å². The summed E-state index contributed by atoms with van der Waals surface area (Å²) in [5.41, 5.74) is -0.615. The summed E-state index contributed by atoms with van der Waals surface area (Å²) < 4.78 is 10.8. The average Bonchev–Trinajstić information content (AvgIpc) is 2.81. The van der Waals surface area contributed by atoms with Crippen LogP contribution in [0.4, 0.5) is 0 Å². The van der Waals surface area contributed by atoms with E-state index in [0.717, 1.165) is 0 Å². The monoisotopic (exact) mass is 324 g/mol. The van der Waals surface area contributed by atoms with Gasteiger partial charge in [-0.1, -0.05) is 20.4 Å². The molecule has 6 nitrogen and oxygen atoms in total. The Hall–Kier alpha value is -1.40. The van der Waals surface area contributed by atoms with Crippen LogP contribution < -0.4 is 0 Å². The summed E-state index contributed by atoms with van der Waals surface area (Å²) in [4.78, 5) is 23.2. The van der Waals surface area contributed by atoms with E-state index < -0.39 is 47.7 Å². The van der Waals surface area contributed by atoms with Gasteiger partial charge in [-0.15, -0.1) is 0 Å². The van der Waals surface area contributed by atoms with Crippen LogP contribution in [0.15, 0.2) is 12.2 Å². The Morgan fingerprint density at radius 2 is 2.04 bits per heavy atom. The molecule has 0 aromatic rings. The minimum atomic E-state index is -0.975. The summed E-state index contributed by atoms with van der Waals surface area (Å²) >= 11 is 0. The number of aliphatic hydroxyl groups excluding tert-OH is 2. The fourth-order valence-corrected chi connectivity index (χ4v) is 5.09. The lowest BCUT2D eigenvalue weighted by molar-refractivity contribution is -0.152. The van der Waals surface area contributed by atoms with Crippen molar-refractivity contribution < 1.29 is 29.3 Å². The first-order valence-electron chi connectivity index (χ1n) is 8.11. The van der Waals surface area contributed by atoms with E-state index >= 15 is 0 Å². The quantitative estimate of drug-likeness (QED) is 0.547. The highest BCUT2D eigenvalue weighted by Gasteiger charge is 2.64. The van der Waals surface area contributed by atoms with Gasteiger partial charge in [-0.05, 0) is 12.3 Å². The Bertz CT molecular complexity index is 557. The molecule has 0 spiro atoms. The van der Waals surface area contributed by atoms with Crippen LogP contribution >= 0.6 is 0 Å². The topological polar surface area (TPSA) is 93.1 Å². The molecule has 3 fully saturated rings. The maximum atomic E-state index is 11.8. The summed E-state index contributed by atoms with van der Waals surface area (Å²) in [7, 11) is 0. The van der Waals surface area contributed by atoms with E-state index in [9.17, 15) is 19.8 Å². The summed E-state index contributed by atoms with van der Waals surface area (Å²) in [6.07, 6.45) is -1.83. The third kappa shape index (κ3) is 2.22. The predicted octanol–water partition coefficient (Wildman–Crippen LogP) is 0.804. The molecule has 1 saturated heterocycles. The van der Waals surface area contributed by atoms with E-state index in [1.165, 1.54) is 6.92 Å². The first kappa shape index (κ1) is 16.5. The fraction of sp³-hybridized carbons (Fsp3) is 0.765. The molecule has 2 aliphatic carbocycles. The van der Waals surface area contributed by atoms with Gasteiger partial charge >= 0.3 is 11.9 Å². The summed E-state index contributed by atoms with van der Waals surface area (Å²) in [5, 5.41) is 21.7. The lowest BCUT2D eigenvalue weighted by Crippen LogP contribution is -2.49. The molecule has 0 bridgehead atoms. The molecule has 0 aromatic heterocycles. The van der Waals surface area contributed by atoms with Gasteiger partial charge in [0.2, 0.25) is 0 Å². The minimum absolute atomic E-state index is 0.0184. The fourth-order valence-electron chi connectivity index (χ4n) is 5.09. The molecule has 2 N–H and O–H groups in total. The number of rotatable bonds is 1. The van der Waals surface area contributed by atoms with Gasteiger partial charge < -0.3 is 19.7 Å². The van der Waals surface area contributed by atoms with Gasteiger partial charge in [0.25, 0.3) is 0 Å². The molecule has 128 valence electrons. The van der Waals surface area contributed by atoms with Gasteiger partial charge in [-0.3, -0.25) is 4.79 Å². The lowest BCUT2D eigenvalue weighted by atomic mass is 9.67. The zero-order chi connectivity index (χ0) is 17.1. The van der Waals surface area contributed by atoms with Crippen molar-refractivity contribution in [2.75, 3.05) is 0 Å². The van der Waals surface area contributed by atoms with Crippen LogP contribution in [0.3, 0.4) is 0 Å². The molecular weight excluding hydrogens is 300 g/mol. The Labute approximate surface area is 135 Å². The summed E-state index contributed by atoms with van der Waals surface area (Å²) in [5.74, 6) is -1.57. The van der Waals surface area contributed by atoms with Crippen molar-refractivity contribution in [2.24, 2.45) is 23.2 Å². The Kier molecular flexibility index (Phi) is 3.80. The van der Waals surface area contributed by atoms with E-state index in [4.69, 9.17) is 9.47 Å². The molecule has 0 amide bonds. The highest BCUT2D eigenvalue weighted by Crippen LogP contribution is 2.57. The first-order valence-corrected chi connectivity index (χ1v) is 8.11. The minimum Gasteiger partial charge on any atom is -0.462 e. The largest absolute Gasteiger partial charge is 0.462 e. The molecule has 3 aliphatic rings. The van der Waals surface area contributed by atoms with E-state index in [2.05, 4.69) is 6.58 Å². The third-order valence-electron chi connectivity index (χ3n) is 6.13. The standard InChI is InChI=1S/C17H24O6/c1-7-5-10-13(8(2)16(21)23-10)15(20)17(4)12(19)6-11(14(7)17)22-9(3)18/h7,10-15,19-20H,2,5-6H2,1,3-4H3/t7-,10+,11+,12-,13+,14-,15-,17-/m1/s1. The molecule has 8 atom stereocenters. The van der Waals surface area contributed by atoms with Crippen molar-refractivity contribution in [3.8, 4) is 0 Å². The number of esters is 2. The van der Waals surface area contributed by atoms with Crippen molar-refractivity contribution in [3.05, 3.63) is 12.2 Å². The molecule has 3 rings (SSSR count). The van der Waals surface area contributed by atoms with Crippen LogP contribution in [0.2, 0.25) is 0 Å². The van der Waals surface area contributed by atoms with Crippen molar-refractivity contribution in [3.63, 3.8) is 0 Å². The molecule has 0 aromatic carbocycles. The molecule has 0 radical (unpaired) electrons. The van der Waals surface area contributed by atoms with Crippen LogP contribution in [0, 0.1) is 23.2 Å². The van der Waals surface area contributed by atoms with E-state index in [-0.39, 0.29) is 17.4 Å². The number of carbonyl (C=O) groups is 2. The maximum absolute atomic E-state index is 11.8. The Morgan fingerprint density at radius 1 is 1.39 bits per heavy atom. The number of hydrogen-bond donors (Lipinski definition) is 2.